The third-order valence-electron chi connectivity index (χ3n) is 15.3. The molecule has 1 fully saturated rings. The van der Waals surface area contributed by atoms with E-state index in [4.69, 9.17) is 14.2 Å². The molecule has 82 heavy (non-hydrogen) atoms. The monoisotopic (exact) mass is 1150 g/mol. The minimum atomic E-state index is -1.63. The van der Waals surface area contributed by atoms with Crippen LogP contribution in [0.1, 0.15) is 278 Å². The lowest BCUT2D eigenvalue weighted by Gasteiger charge is -2.41. The highest BCUT2D eigenvalue weighted by Crippen LogP contribution is 2.26. The fraction of sp³-hybridized carbons (Fsp3) is 0.746. The van der Waals surface area contributed by atoms with E-state index in [9.17, 15) is 35.1 Å². The zero-order valence-electron chi connectivity index (χ0n) is 52.3. The van der Waals surface area contributed by atoms with Crippen molar-refractivity contribution in [1.82, 2.24) is 5.32 Å². The van der Waals surface area contributed by atoms with Gasteiger partial charge in [0.2, 0.25) is 5.91 Å². The van der Waals surface area contributed by atoms with Crippen molar-refractivity contribution >= 4 is 11.9 Å². The van der Waals surface area contributed by atoms with E-state index >= 15 is 0 Å². The number of allylic oxidation sites excluding steroid dienone is 15. The number of carbonyl (C=O) groups excluding carboxylic acids is 2. The van der Waals surface area contributed by atoms with Crippen LogP contribution in [0.25, 0.3) is 0 Å². The molecule has 6 N–H and O–H groups in total. The van der Waals surface area contributed by atoms with Gasteiger partial charge in [-0.25, -0.2) is 0 Å². The second-order valence-corrected chi connectivity index (χ2v) is 22.9. The minimum Gasteiger partial charge on any atom is -0.454 e. The van der Waals surface area contributed by atoms with Crippen LogP contribution >= 0.6 is 0 Å². The number of unbranched alkanes of at least 4 members (excludes halogenated alkanes) is 32. The number of esters is 1. The molecule has 0 aromatic rings. The van der Waals surface area contributed by atoms with Gasteiger partial charge in [0.15, 0.2) is 12.4 Å². The molecule has 1 saturated heterocycles. The maximum absolute atomic E-state index is 13.4. The average Bonchev–Trinajstić information content (AvgIpc) is 3.68. The quantitative estimate of drug-likeness (QED) is 0.0149. The summed E-state index contributed by atoms with van der Waals surface area (Å²) in [5.74, 6) is -1.24. The molecule has 1 aliphatic heterocycles. The zero-order chi connectivity index (χ0) is 59.6. The number of ether oxygens (including phenoxy) is 3. The number of hydrogen-bond donors (Lipinski definition) is 6. The van der Waals surface area contributed by atoms with Gasteiger partial charge in [0, 0.05) is 6.42 Å². The maximum Gasteiger partial charge on any atom is 0.306 e. The Balaban J connectivity index is 2.57. The predicted molar refractivity (Wildman–Crippen MR) is 342 cm³/mol. The van der Waals surface area contributed by atoms with Crippen molar-refractivity contribution in [3.05, 3.63) is 97.2 Å². The van der Waals surface area contributed by atoms with Crippen LogP contribution in [-0.2, 0) is 23.8 Å². The Morgan fingerprint density at radius 2 is 0.927 bits per heavy atom. The SMILES string of the molecule is CC/C=C/C=C/C=C\C=C/C=C/CCCCC(O)C(=O)NC(COC1OC(CO)C(O)C(O)C1OC(=O)CCCCCCCCCCCCCCCCCCC/C=C\C/C=C\CCCCC)C(O)/C=C/CCCCCCCCCCCC. The van der Waals surface area contributed by atoms with Crippen molar-refractivity contribution in [2.75, 3.05) is 13.2 Å². The molecule has 0 radical (unpaired) electrons. The highest BCUT2D eigenvalue weighted by atomic mass is 16.7. The molecule has 1 amide bonds. The first kappa shape index (κ1) is 76.6. The molecule has 8 unspecified atom stereocenters. The van der Waals surface area contributed by atoms with Gasteiger partial charge in [-0.1, -0.05) is 291 Å². The van der Waals surface area contributed by atoms with E-state index in [-0.39, 0.29) is 19.4 Å². The van der Waals surface area contributed by atoms with Crippen LogP contribution in [0.4, 0.5) is 0 Å². The molecule has 472 valence electrons. The third-order valence-corrected chi connectivity index (χ3v) is 15.3. The molecule has 0 aliphatic carbocycles. The topological polar surface area (TPSA) is 175 Å². The van der Waals surface area contributed by atoms with Gasteiger partial charge in [-0.15, -0.1) is 0 Å². The molecule has 0 bridgehead atoms. The number of aliphatic hydroxyl groups excluding tert-OH is 5. The second kappa shape index (κ2) is 58.0. The number of nitrogens with one attached hydrogen (secondary N) is 1. The predicted octanol–water partition coefficient (Wildman–Crippen LogP) is 16.7. The molecule has 0 spiro atoms. The lowest BCUT2D eigenvalue weighted by atomic mass is 9.99. The molecular weight excluding hydrogens is 1030 g/mol. The Bertz CT molecular complexity index is 1700. The average molecular weight is 1150 g/mol. The Kier molecular flexibility index (Phi) is 54.2. The first-order chi connectivity index (χ1) is 40.2. The van der Waals surface area contributed by atoms with Crippen molar-refractivity contribution < 1.29 is 49.3 Å². The standard InChI is InChI=1S/C71H123NO10/c1-4-7-10-13-16-19-22-25-27-28-29-30-31-32-33-34-35-36-37-38-39-41-44-47-50-53-56-59-66(76)82-69-68(78)67(77)65(60-73)81-71(69)80-61-62(63(74)57-54-51-48-45-42-24-21-18-15-12-9-6-3)72-70(79)64(75)58-55-52-49-46-43-40-26-23-20-17-14-11-8-5-2/h8,11,14,16-17,19-20,23,25-27,40,43,46,54,57,62-65,67-69,71,73-75,77-78H,4-7,9-10,12-13,15,18,21-22,24,28-39,41-42,44-45,47-53,55-56,58-61H2,1-3H3,(H,72,79)/b11-8+,17-14+,19-16-,23-20-,27-25-,40-26-,46-43+,57-54+. The molecule has 11 heteroatoms. The van der Waals surface area contributed by atoms with Crippen LogP contribution in [0.15, 0.2) is 97.2 Å². The van der Waals surface area contributed by atoms with Gasteiger partial charge in [0.05, 0.1) is 25.4 Å². The summed E-state index contributed by atoms with van der Waals surface area (Å²) in [6.07, 6.45) is 67.5. The molecule has 0 aromatic heterocycles. The van der Waals surface area contributed by atoms with Crippen LogP contribution in [0.2, 0.25) is 0 Å². The van der Waals surface area contributed by atoms with Gasteiger partial charge < -0.3 is 45.1 Å². The molecule has 8 atom stereocenters. The summed E-state index contributed by atoms with van der Waals surface area (Å²) >= 11 is 0. The molecule has 11 nitrogen and oxygen atoms in total. The molecule has 1 heterocycles. The molecule has 0 aromatic carbocycles. The van der Waals surface area contributed by atoms with E-state index in [1.165, 1.54) is 161 Å². The number of rotatable bonds is 56. The minimum absolute atomic E-state index is 0.115. The first-order valence-corrected chi connectivity index (χ1v) is 33.6. The van der Waals surface area contributed by atoms with E-state index in [2.05, 4.69) is 56.5 Å². The number of carbonyl (C=O) groups is 2. The van der Waals surface area contributed by atoms with Crippen LogP contribution in [-0.4, -0.2) is 99.6 Å². The van der Waals surface area contributed by atoms with Crippen molar-refractivity contribution in [1.29, 1.82) is 0 Å². The van der Waals surface area contributed by atoms with Gasteiger partial charge in [-0.3, -0.25) is 9.59 Å². The summed E-state index contributed by atoms with van der Waals surface area (Å²) in [6, 6.07) is -1.05. The summed E-state index contributed by atoms with van der Waals surface area (Å²) in [4.78, 5) is 26.6. The fourth-order valence-corrected chi connectivity index (χ4v) is 10.1. The summed E-state index contributed by atoms with van der Waals surface area (Å²) in [6.45, 7) is 5.60. The van der Waals surface area contributed by atoms with Crippen molar-refractivity contribution in [2.24, 2.45) is 0 Å². The van der Waals surface area contributed by atoms with Gasteiger partial charge in [0.25, 0.3) is 0 Å². The van der Waals surface area contributed by atoms with Gasteiger partial charge in [-0.2, -0.15) is 0 Å². The molecule has 1 rings (SSSR count). The highest BCUT2D eigenvalue weighted by molar-refractivity contribution is 5.80. The van der Waals surface area contributed by atoms with Crippen LogP contribution in [0.5, 0.6) is 0 Å². The van der Waals surface area contributed by atoms with Gasteiger partial charge in [0.1, 0.15) is 24.4 Å². The number of aliphatic hydroxyl groups is 5. The van der Waals surface area contributed by atoms with Gasteiger partial charge in [-0.05, 0) is 77.0 Å². The van der Waals surface area contributed by atoms with Crippen LogP contribution in [0.3, 0.4) is 0 Å². The largest absolute Gasteiger partial charge is 0.454 e. The molecule has 0 saturated carbocycles. The normalized spacial score (nSPS) is 19.2. The van der Waals surface area contributed by atoms with E-state index in [0.29, 0.717) is 12.8 Å². The van der Waals surface area contributed by atoms with E-state index < -0.39 is 67.4 Å². The van der Waals surface area contributed by atoms with Crippen molar-refractivity contribution in [3.63, 3.8) is 0 Å². The Hall–Kier alpha value is -3.42. The lowest BCUT2D eigenvalue weighted by molar-refractivity contribution is -0.305. The zero-order valence-corrected chi connectivity index (χ0v) is 52.3. The van der Waals surface area contributed by atoms with Crippen LogP contribution in [0, 0.1) is 0 Å². The smallest absolute Gasteiger partial charge is 0.306 e. The third kappa shape index (κ3) is 45.0. The maximum atomic E-state index is 13.4. The first-order valence-electron chi connectivity index (χ1n) is 33.6. The number of hydrogen-bond acceptors (Lipinski definition) is 10. The summed E-state index contributed by atoms with van der Waals surface area (Å²) in [5.41, 5.74) is 0. The van der Waals surface area contributed by atoms with Crippen LogP contribution < -0.4 is 5.32 Å². The van der Waals surface area contributed by atoms with Gasteiger partial charge >= 0.3 is 5.97 Å². The Morgan fingerprint density at radius 3 is 1.44 bits per heavy atom. The summed E-state index contributed by atoms with van der Waals surface area (Å²) in [7, 11) is 0. The summed E-state index contributed by atoms with van der Waals surface area (Å²) < 4.78 is 17.6. The number of amides is 1. The Labute approximate surface area is 501 Å². The lowest BCUT2D eigenvalue weighted by Crippen LogP contribution is -2.61. The Morgan fingerprint density at radius 1 is 0.500 bits per heavy atom. The second-order valence-electron chi connectivity index (χ2n) is 22.9. The van der Waals surface area contributed by atoms with Crippen molar-refractivity contribution in [2.45, 2.75) is 327 Å². The van der Waals surface area contributed by atoms with Crippen molar-refractivity contribution in [3.8, 4) is 0 Å². The summed E-state index contributed by atoms with van der Waals surface area (Å²) in [5, 5.41) is 57.0. The molecule has 1 aliphatic rings. The highest BCUT2D eigenvalue weighted by Gasteiger charge is 2.47. The fourth-order valence-electron chi connectivity index (χ4n) is 10.1. The molecular formula is C71H123NO10. The van der Waals surface area contributed by atoms with E-state index in [1.54, 1.807) is 6.08 Å². The van der Waals surface area contributed by atoms with E-state index in [0.717, 1.165) is 70.6 Å². The van der Waals surface area contributed by atoms with E-state index in [1.807, 2.05) is 60.8 Å².